The van der Waals surface area contributed by atoms with Crippen molar-refractivity contribution in [3.63, 3.8) is 0 Å². The van der Waals surface area contributed by atoms with Crippen molar-refractivity contribution in [1.82, 2.24) is 15.1 Å². The SMILES string of the molecule is C[C@@H]1NC(=O)CC/C=C\[C@@H]2O[C@@]34C=CCN(C(C)(C)CC(C)(C)C)C(=O)[C@@H]3N([C@H](C)CO)C(=O)[C@H]4[C@@H]2C(=O)O[C@H]1c1ccccc1. The number of rotatable bonds is 5. The molecule has 4 aliphatic heterocycles. The minimum atomic E-state index is -1.47. The van der Waals surface area contributed by atoms with E-state index in [2.05, 4.69) is 26.1 Å². The summed E-state index contributed by atoms with van der Waals surface area (Å²) < 4.78 is 13.0. The Morgan fingerprint density at radius 3 is 2.39 bits per heavy atom. The molecule has 0 unspecified atom stereocenters. The summed E-state index contributed by atoms with van der Waals surface area (Å²) in [5.74, 6) is -3.66. The Labute approximate surface area is 272 Å². The quantitative estimate of drug-likeness (QED) is 0.374. The van der Waals surface area contributed by atoms with E-state index in [1.807, 2.05) is 50.3 Å². The lowest BCUT2D eigenvalue weighted by Gasteiger charge is -2.45. The Kier molecular flexibility index (Phi) is 9.27. The maximum absolute atomic E-state index is 14.8. The van der Waals surface area contributed by atoms with Gasteiger partial charge in [-0.05, 0) is 51.5 Å². The first kappa shape index (κ1) is 33.9. The summed E-state index contributed by atoms with van der Waals surface area (Å²) in [6, 6.07) is 6.85. The van der Waals surface area contributed by atoms with E-state index in [0.29, 0.717) is 24.9 Å². The molecule has 2 N–H and O–H groups in total. The zero-order valence-electron chi connectivity index (χ0n) is 28.1. The van der Waals surface area contributed by atoms with Crippen molar-refractivity contribution < 1.29 is 33.8 Å². The molecule has 5 rings (SSSR count). The van der Waals surface area contributed by atoms with E-state index in [-0.39, 0.29) is 30.3 Å². The molecular formula is C36H49N3O7. The van der Waals surface area contributed by atoms with Crippen LogP contribution in [0.2, 0.25) is 0 Å². The van der Waals surface area contributed by atoms with Gasteiger partial charge in [0.25, 0.3) is 0 Å². The van der Waals surface area contributed by atoms with Gasteiger partial charge < -0.3 is 29.7 Å². The largest absolute Gasteiger partial charge is 0.455 e. The van der Waals surface area contributed by atoms with Crippen LogP contribution in [0.3, 0.4) is 0 Å². The van der Waals surface area contributed by atoms with Crippen LogP contribution < -0.4 is 5.32 Å². The number of allylic oxidation sites excluding steroid dienone is 1. The highest BCUT2D eigenvalue weighted by Gasteiger charge is 2.72. The first-order chi connectivity index (χ1) is 21.6. The number of hydrogen-bond acceptors (Lipinski definition) is 7. The minimum Gasteiger partial charge on any atom is -0.455 e. The number of aliphatic hydroxyl groups is 1. The molecular weight excluding hydrogens is 586 g/mol. The molecule has 1 spiro atoms. The number of benzene rings is 1. The van der Waals surface area contributed by atoms with Gasteiger partial charge in [0.1, 0.15) is 23.7 Å². The van der Waals surface area contributed by atoms with Crippen LogP contribution in [-0.2, 0) is 28.7 Å². The summed E-state index contributed by atoms with van der Waals surface area (Å²) in [7, 11) is 0. The normalized spacial score (nSPS) is 33.6. The van der Waals surface area contributed by atoms with Gasteiger partial charge in [0.15, 0.2) is 0 Å². The number of carbonyl (C=O) groups excluding carboxylic acids is 4. The number of cyclic esters (lactones) is 1. The molecule has 4 aliphatic rings. The highest BCUT2D eigenvalue weighted by Crippen LogP contribution is 2.54. The molecule has 0 bridgehead atoms. The van der Waals surface area contributed by atoms with E-state index < -0.39 is 65.2 Å². The number of hydrogen-bond donors (Lipinski definition) is 2. The van der Waals surface area contributed by atoms with E-state index in [1.54, 1.807) is 37.0 Å². The van der Waals surface area contributed by atoms with Crippen molar-refractivity contribution in [2.45, 2.75) is 109 Å². The van der Waals surface area contributed by atoms with Crippen molar-refractivity contribution in [3.8, 4) is 0 Å². The zero-order chi connectivity index (χ0) is 33.6. The van der Waals surface area contributed by atoms with Crippen LogP contribution in [0, 0.1) is 17.3 Å². The summed E-state index contributed by atoms with van der Waals surface area (Å²) in [5.41, 5.74) is -1.41. The maximum atomic E-state index is 14.8. The fourth-order valence-corrected chi connectivity index (χ4v) is 8.14. The minimum absolute atomic E-state index is 0.0788. The first-order valence-electron chi connectivity index (χ1n) is 16.4. The van der Waals surface area contributed by atoms with Crippen LogP contribution in [0.4, 0.5) is 0 Å². The number of nitrogens with zero attached hydrogens (tertiary/aromatic N) is 2. The Bertz CT molecular complexity index is 1400. The van der Waals surface area contributed by atoms with Crippen molar-refractivity contribution >= 4 is 23.7 Å². The van der Waals surface area contributed by atoms with Gasteiger partial charge in [-0.25, -0.2) is 0 Å². The summed E-state index contributed by atoms with van der Waals surface area (Å²) in [6.45, 7) is 13.9. The molecule has 0 radical (unpaired) electrons. The number of amides is 3. The second kappa shape index (κ2) is 12.6. The molecule has 1 aromatic rings. The molecule has 3 amide bonds. The fraction of sp³-hybridized carbons (Fsp3) is 0.611. The molecule has 46 heavy (non-hydrogen) atoms. The van der Waals surface area contributed by atoms with E-state index in [4.69, 9.17) is 9.47 Å². The Balaban J connectivity index is 1.61. The van der Waals surface area contributed by atoms with Crippen molar-refractivity contribution in [1.29, 1.82) is 0 Å². The number of likely N-dealkylation sites (tertiary alicyclic amines) is 1. The molecule has 8 atom stereocenters. The van der Waals surface area contributed by atoms with Crippen LogP contribution in [0.15, 0.2) is 54.6 Å². The number of carbonyl (C=O) groups is 4. The van der Waals surface area contributed by atoms with Gasteiger partial charge in [0.2, 0.25) is 17.7 Å². The van der Waals surface area contributed by atoms with Crippen molar-refractivity contribution in [3.05, 3.63) is 60.2 Å². The molecule has 250 valence electrons. The predicted octanol–water partition coefficient (Wildman–Crippen LogP) is 3.70. The van der Waals surface area contributed by atoms with Crippen molar-refractivity contribution in [2.24, 2.45) is 17.3 Å². The maximum Gasteiger partial charge on any atom is 0.313 e. The highest BCUT2D eigenvalue weighted by atomic mass is 16.6. The lowest BCUT2D eigenvalue weighted by molar-refractivity contribution is -0.162. The number of aliphatic hydroxyl groups excluding tert-OH is 1. The predicted molar refractivity (Wildman–Crippen MR) is 172 cm³/mol. The highest BCUT2D eigenvalue weighted by molar-refractivity contribution is 5.99. The van der Waals surface area contributed by atoms with Gasteiger partial charge in [-0.2, -0.15) is 0 Å². The molecule has 2 fully saturated rings. The number of esters is 1. The molecule has 0 aromatic heterocycles. The Hall–Kier alpha value is -3.50. The smallest absolute Gasteiger partial charge is 0.313 e. The Morgan fingerprint density at radius 2 is 1.74 bits per heavy atom. The third kappa shape index (κ3) is 6.13. The third-order valence-electron chi connectivity index (χ3n) is 9.71. The van der Waals surface area contributed by atoms with E-state index >= 15 is 0 Å². The van der Waals surface area contributed by atoms with Gasteiger partial charge in [-0.3, -0.25) is 19.2 Å². The van der Waals surface area contributed by atoms with Gasteiger partial charge >= 0.3 is 5.97 Å². The van der Waals surface area contributed by atoms with Crippen LogP contribution in [0.25, 0.3) is 0 Å². The van der Waals surface area contributed by atoms with Gasteiger partial charge in [-0.15, -0.1) is 0 Å². The topological polar surface area (TPSA) is 125 Å². The molecule has 0 aliphatic carbocycles. The number of ether oxygens (including phenoxy) is 2. The molecule has 1 aromatic carbocycles. The molecule has 10 heteroatoms. The second-order valence-corrected chi connectivity index (χ2v) is 15.1. The molecule has 0 saturated carbocycles. The van der Waals surface area contributed by atoms with Crippen LogP contribution in [0.1, 0.15) is 79.4 Å². The fourth-order valence-electron chi connectivity index (χ4n) is 8.14. The first-order valence-corrected chi connectivity index (χ1v) is 16.4. The van der Waals surface area contributed by atoms with E-state index in [0.717, 1.165) is 0 Å². The second-order valence-electron chi connectivity index (χ2n) is 15.1. The van der Waals surface area contributed by atoms with Gasteiger partial charge in [-0.1, -0.05) is 75.4 Å². The number of fused-ring (bicyclic) bond motifs is 2. The van der Waals surface area contributed by atoms with Crippen LogP contribution in [-0.4, -0.2) is 87.1 Å². The number of nitrogens with one attached hydrogen (secondary N) is 1. The third-order valence-corrected chi connectivity index (χ3v) is 9.71. The van der Waals surface area contributed by atoms with Crippen LogP contribution in [0.5, 0.6) is 0 Å². The summed E-state index contributed by atoms with van der Waals surface area (Å²) >= 11 is 0. The van der Waals surface area contributed by atoms with Gasteiger partial charge in [0.05, 0.1) is 30.7 Å². The molecule has 2 saturated heterocycles. The monoisotopic (exact) mass is 635 g/mol. The Morgan fingerprint density at radius 1 is 1.04 bits per heavy atom. The summed E-state index contributed by atoms with van der Waals surface area (Å²) in [6.07, 6.45) is 6.82. The molecule has 4 heterocycles. The van der Waals surface area contributed by atoms with E-state index in [9.17, 15) is 24.3 Å². The zero-order valence-corrected chi connectivity index (χ0v) is 28.1. The lowest BCUT2D eigenvalue weighted by atomic mass is 9.77. The average Bonchev–Trinajstić information content (AvgIpc) is 3.36. The summed E-state index contributed by atoms with van der Waals surface area (Å²) in [4.78, 5) is 59.7. The average molecular weight is 636 g/mol. The molecule has 10 nitrogen and oxygen atoms in total. The van der Waals surface area contributed by atoms with Crippen molar-refractivity contribution in [2.75, 3.05) is 13.2 Å². The van der Waals surface area contributed by atoms with Gasteiger partial charge in [0, 0.05) is 18.5 Å². The standard InChI is InChI=1S/C36H49N3O7/c1-22(20-40)39-30-32(43)38(35(6,7)21-34(3,4)5)19-13-18-36(30)28(31(39)42)27-25(46-36)16-11-12-17-26(41)37-23(2)29(45-33(27)44)24-14-9-8-10-15-24/h8-11,13-16,18,22-23,25,27-30,40H,12,17,19-21H2,1-7H3,(H,37,41)/b16-11-/t22-,23+,25+,27-,28-,29-,30+,36-/m1/s1. The lowest BCUT2D eigenvalue weighted by Crippen LogP contribution is -2.61. The summed E-state index contributed by atoms with van der Waals surface area (Å²) in [5, 5.41) is 13.2. The van der Waals surface area contributed by atoms with Crippen LogP contribution >= 0.6 is 0 Å². The van der Waals surface area contributed by atoms with E-state index in [1.165, 1.54) is 4.90 Å².